The minimum Gasteiger partial charge on any atom is -0.591 e. The first-order valence-electron chi connectivity index (χ1n) is 2.76. The van der Waals surface area contributed by atoms with Crippen molar-refractivity contribution in [2.45, 2.75) is 19.2 Å². The Morgan fingerprint density at radius 1 is 1.27 bits per heavy atom. The van der Waals surface area contributed by atoms with Crippen molar-refractivity contribution >= 4 is 16.1 Å². The minimum atomic E-state index is -3.16. The van der Waals surface area contributed by atoms with E-state index < -0.39 is 21.5 Å². The summed E-state index contributed by atoms with van der Waals surface area (Å²) in [6, 6.07) is 1.11. The topological polar surface area (TPSA) is 104 Å². The van der Waals surface area contributed by atoms with Crippen molar-refractivity contribution in [3.05, 3.63) is 0 Å². The van der Waals surface area contributed by atoms with Gasteiger partial charge in [-0.25, -0.2) is 0 Å². The molecular weight excluding hydrogens is 188 g/mol. The van der Waals surface area contributed by atoms with E-state index in [1.54, 1.807) is 0 Å². The van der Waals surface area contributed by atoms with E-state index in [0.29, 0.717) is 0 Å². The molecule has 7 heteroatoms. The van der Waals surface area contributed by atoms with E-state index in [1.165, 1.54) is 0 Å². The smallest absolute Gasteiger partial charge is 0.415 e. The monoisotopic (exact) mass is 195 g/mol. The molecule has 2 unspecified atom stereocenters. The molecule has 0 saturated carbocycles. The lowest BCUT2D eigenvalue weighted by molar-refractivity contribution is -0.172. The molecule has 62 valence electrons. The third-order valence-electron chi connectivity index (χ3n) is 0.515. The molecule has 2 atom stereocenters. The molecular formula is C4H7NO4P2. The fourth-order valence-corrected chi connectivity index (χ4v) is 0.976. The zero-order valence-corrected chi connectivity index (χ0v) is 7.84. The summed E-state index contributed by atoms with van der Waals surface area (Å²) in [4.78, 5) is 19.6. The Kier molecular flexibility index (Phi) is 9.27. The zero-order chi connectivity index (χ0) is 9.44. The lowest BCUT2D eigenvalue weighted by Crippen LogP contribution is -2.06. The van der Waals surface area contributed by atoms with Crippen LogP contribution in [0.15, 0.2) is 0 Å². The number of hydrogen-bond acceptors (Lipinski definition) is 5. The van der Waals surface area contributed by atoms with E-state index in [0.717, 1.165) is 6.07 Å². The predicted octanol–water partition coefficient (Wildman–Crippen LogP) is 0.0677. The summed E-state index contributed by atoms with van der Waals surface area (Å²) in [5.41, 5.74) is 0. The number of hydrogen-bond donors (Lipinski definition) is 0. The van der Waals surface area contributed by atoms with E-state index in [-0.39, 0.29) is 0 Å². The SMILES string of the molecule is CC.N#CC([P+](=O)[O-])[P+](=O)[O-]. The second-order valence-electron chi connectivity index (χ2n) is 1.07. The van der Waals surface area contributed by atoms with Gasteiger partial charge in [-0.15, -0.1) is 0 Å². The third-order valence-corrected chi connectivity index (χ3v) is 2.68. The second-order valence-corrected chi connectivity index (χ2v) is 3.66. The van der Waals surface area contributed by atoms with Crippen LogP contribution >= 0.6 is 16.1 Å². The lowest BCUT2D eigenvalue weighted by atomic mass is 10.9. The van der Waals surface area contributed by atoms with E-state index in [2.05, 4.69) is 0 Å². The van der Waals surface area contributed by atoms with Crippen molar-refractivity contribution in [3.8, 4) is 6.07 Å². The fraction of sp³-hybridized carbons (Fsp3) is 0.750. The number of nitrogens with zero attached hydrogens (tertiary/aromatic N) is 1. The first-order valence-corrected chi connectivity index (χ1v) is 5.25. The molecule has 0 amide bonds. The van der Waals surface area contributed by atoms with Crippen molar-refractivity contribution in [3.63, 3.8) is 0 Å². The highest BCUT2D eigenvalue weighted by Gasteiger charge is 2.34. The van der Waals surface area contributed by atoms with E-state index in [1.807, 2.05) is 13.8 Å². The Balaban J connectivity index is 0. The molecule has 5 nitrogen and oxygen atoms in total. The lowest BCUT2D eigenvalue weighted by Gasteiger charge is -1.85. The van der Waals surface area contributed by atoms with Gasteiger partial charge in [0.05, 0.1) is 0 Å². The van der Waals surface area contributed by atoms with Gasteiger partial charge < -0.3 is 9.79 Å². The number of rotatable bonds is 2. The van der Waals surface area contributed by atoms with Crippen molar-refractivity contribution < 1.29 is 18.9 Å². The van der Waals surface area contributed by atoms with Crippen LogP contribution in [0.4, 0.5) is 0 Å². The largest absolute Gasteiger partial charge is 0.591 e. The first-order chi connectivity index (χ1) is 5.09. The molecule has 0 aliphatic rings. The van der Waals surface area contributed by atoms with Gasteiger partial charge in [-0.05, 0) is 0 Å². The van der Waals surface area contributed by atoms with E-state index in [9.17, 15) is 18.9 Å². The fourth-order valence-electron chi connectivity index (χ4n) is 0.171. The molecule has 0 fully saturated rings. The van der Waals surface area contributed by atoms with Gasteiger partial charge in [-0.2, -0.15) is 5.26 Å². The van der Waals surface area contributed by atoms with Crippen molar-refractivity contribution in [2.75, 3.05) is 0 Å². The molecule has 0 spiro atoms. The maximum atomic E-state index is 9.80. The highest BCUT2D eigenvalue weighted by atomic mass is 31.2. The molecule has 0 N–H and O–H groups in total. The van der Waals surface area contributed by atoms with E-state index >= 15 is 0 Å². The molecule has 0 aromatic rings. The van der Waals surface area contributed by atoms with Crippen molar-refractivity contribution in [1.29, 1.82) is 5.26 Å². The second kappa shape index (κ2) is 7.71. The van der Waals surface area contributed by atoms with Gasteiger partial charge >= 0.3 is 21.5 Å². The number of nitriles is 1. The van der Waals surface area contributed by atoms with Crippen LogP contribution in [0.1, 0.15) is 13.8 Å². The Hall–Kier alpha value is -0.390. The molecule has 0 bridgehead atoms. The van der Waals surface area contributed by atoms with Gasteiger partial charge in [-0.1, -0.05) is 23.0 Å². The average Bonchev–Trinajstić information content (AvgIpc) is 1.91. The van der Waals surface area contributed by atoms with Crippen LogP contribution in [0.25, 0.3) is 0 Å². The van der Waals surface area contributed by atoms with Gasteiger partial charge in [0.15, 0.2) is 6.07 Å². The maximum Gasteiger partial charge on any atom is 0.415 e. The van der Waals surface area contributed by atoms with Crippen LogP contribution in [0.2, 0.25) is 0 Å². The van der Waals surface area contributed by atoms with E-state index in [4.69, 9.17) is 5.26 Å². The van der Waals surface area contributed by atoms with Crippen LogP contribution in [0.3, 0.4) is 0 Å². The summed E-state index contributed by atoms with van der Waals surface area (Å²) < 4.78 is 19.6. The minimum absolute atomic E-state index is 1.11. The molecule has 0 aromatic carbocycles. The summed E-state index contributed by atoms with van der Waals surface area (Å²) in [7, 11) is -6.32. The van der Waals surface area contributed by atoms with Crippen LogP contribution < -0.4 is 9.79 Å². The van der Waals surface area contributed by atoms with Gasteiger partial charge in [0, 0.05) is 0 Å². The Morgan fingerprint density at radius 3 is 1.55 bits per heavy atom. The van der Waals surface area contributed by atoms with Crippen molar-refractivity contribution in [1.82, 2.24) is 0 Å². The molecule has 0 aliphatic carbocycles. The molecule has 0 radical (unpaired) electrons. The van der Waals surface area contributed by atoms with Crippen LogP contribution in [-0.2, 0) is 9.13 Å². The Morgan fingerprint density at radius 2 is 1.55 bits per heavy atom. The maximum absolute atomic E-state index is 9.80. The highest BCUT2D eigenvalue weighted by molar-refractivity contribution is 7.57. The summed E-state index contributed by atoms with van der Waals surface area (Å²) in [6.45, 7) is 4.00. The Bertz CT molecular complexity index is 173. The van der Waals surface area contributed by atoms with Gasteiger partial charge in [-0.3, -0.25) is 0 Å². The average molecular weight is 195 g/mol. The molecule has 0 heterocycles. The van der Waals surface area contributed by atoms with Crippen LogP contribution in [0, 0.1) is 11.3 Å². The highest BCUT2D eigenvalue weighted by Crippen LogP contribution is 2.32. The molecule has 11 heavy (non-hydrogen) atoms. The molecule has 0 rings (SSSR count). The van der Waals surface area contributed by atoms with Gasteiger partial charge in [0.25, 0.3) is 0 Å². The van der Waals surface area contributed by atoms with Crippen LogP contribution in [0.5, 0.6) is 0 Å². The normalized spacial score (nSPS) is 13.4. The quantitative estimate of drug-likeness (QED) is 0.579. The zero-order valence-electron chi connectivity index (χ0n) is 6.05. The molecule has 0 aliphatic heterocycles. The third kappa shape index (κ3) is 6.03. The van der Waals surface area contributed by atoms with Gasteiger partial charge in [0.1, 0.15) is 0 Å². The van der Waals surface area contributed by atoms with Crippen LogP contribution in [-0.4, -0.2) is 5.40 Å². The Labute approximate surface area is 66.4 Å². The van der Waals surface area contributed by atoms with Gasteiger partial charge in [0.2, 0.25) is 0 Å². The molecule has 0 aromatic heterocycles. The summed E-state index contributed by atoms with van der Waals surface area (Å²) >= 11 is 0. The van der Waals surface area contributed by atoms with Crippen molar-refractivity contribution in [2.24, 2.45) is 0 Å². The summed E-state index contributed by atoms with van der Waals surface area (Å²) in [5, 5.41) is 5.98. The summed E-state index contributed by atoms with van der Waals surface area (Å²) in [6.07, 6.45) is 0. The molecule has 0 saturated heterocycles. The summed E-state index contributed by atoms with van der Waals surface area (Å²) in [5.74, 6) is 0. The standard InChI is InChI=1S/C2HNO4P2.C2H6/c3-1-2(8(4)5)9(6)7;1-2/h2H;1-2H3. The first kappa shape index (κ1) is 13.2. The predicted molar refractivity (Wildman–Crippen MR) is 36.0 cm³/mol.